The molecule has 6 nitrogen and oxygen atoms in total. The third-order valence-corrected chi connectivity index (χ3v) is 5.19. The summed E-state index contributed by atoms with van der Waals surface area (Å²) in [5.74, 6) is 1.96. The normalized spacial score (nSPS) is 13.8. The molecule has 0 bridgehead atoms. The second kappa shape index (κ2) is 11.8. The maximum atomic E-state index is 11.8. The van der Waals surface area contributed by atoms with Crippen LogP contribution in [0, 0.1) is 0 Å². The maximum absolute atomic E-state index is 11.8. The smallest absolute Gasteiger partial charge is 0.222 e. The zero-order valence-electron chi connectivity index (χ0n) is 17.9. The van der Waals surface area contributed by atoms with Gasteiger partial charge < -0.3 is 19.9 Å². The van der Waals surface area contributed by atoms with Gasteiger partial charge in [-0.15, -0.1) is 24.0 Å². The van der Waals surface area contributed by atoms with Crippen LogP contribution >= 0.6 is 24.0 Å². The zero-order valence-corrected chi connectivity index (χ0v) is 20.3. The summed E-state index contributed by atoms with van der Waals surface area (Å²) >= 11 is 0. The molecule has 2 aromatic rings. The zero-order chi connectivity index (χ0) is 20.6. The number of hydrogen-bond donors (Lipinski definition) is 1. The molecule has 1 aliphatic rings. The van der Waals surface area contributed by atoms with Gasteiger partial charge in [-0.05, 0) is 23.6 Å². The molecule has 162 valence electrons. The van der Waals surface area contributed by atoms with Crippen LogP contribution in [0.4, 0.5) is 0 Å². The van der Waals surface area contributed by atoms with Gasteiger partial charge in [0.25, 0.3) is 0 Å². The summed E-state index contributed by atoms with van der Waals surface area (Å²) < 4.78 is 5.44. The fraction of sp³-hybridized carbons (Fsp3) is 0.391. The Labute approximate surface area is 196 Å². The van der Waals surface area contributed by atoms with Gasteiger partial charge in [-0.1, -0.05) is 42.5 Å². The van der Waals surface area contributed by atoms with Gasteiger partial charge in [0.2, 0.25) is 5.91 Å². The lowest BCUT2D eigenvalue weighted by Crippen LogP contribution is -2.38. The molecule has 3 rings (SSSR count). The number of nitrogens with zero attached hydrogens (tertiary/aromatic N) is 3. The van der Waals surface area contributed by atoms with Gasteiger partial charge in [0.1, 0.15) is 5.75 Å². The Balaban J connectivity index is 0.00000320. The third kappa shape index (κ3) is 6.35. The number of carbonyl (C=O) groups is 1. The molecule has 7 heteroatoms. The Morgan fingerprint density at radius 1 is 1.17 bits per heavy atom. The minimum atomic E-state index is 0. The van der Waals surface area contributed by atoms with Gasteiger partial charge in [-0.2, -0.15) is 0 Å². The molecule has 0 atom stereocenters. The maximum Gasteiger partial charge on any atom is 0.222 e. The van der Waals surface area contributed by atoms with Crippen LogP contribution in [0.25, 0.3) is 0 Å². The number of amides is 1. The number of halogens is 1. The van der Waals surface area contributed by atoms with Crippen LogP contribution in [0.3, 0.4) is 0 Å². The largest absolute Gasteiger partial charge is 0.496 e. The van der Waals surface area contributed by atoms with E-state index in [0.717, 1.165) is 30.2 Å². The van der Waals surface area contributed by atoms with Crippen molar-refractivity contribution in [3.63, 3.8) is 0 Å². The highest BCUT2D eigenvalue weighted by Crippen LogP contribution is 2.19. The first-order valence-corrected chi connectivity index (χ1v) is 10.00. The van der Waals surface area contributed by atoms with Gasteiger partial charge in [-0.3, -0.25) is 9.79 Å². The second-order valence-corrected chi connectivity index (χ2v) is 7.30. The molecular weight excluding hydrogens is 491 g/mol. The Kier molecular flexibility index (Phi) is 9.42. The topological polar surface area (TPSA) is 57.2 Å². The van der Waals surface area contributed by atoms with Crippen LogP contribution in [0.15, 0.2) is 53.5 Å². The summed E-state index contributed by atoms with van der Waals surface area (Å²) in [6.45, 7) is 2.96. The molecule has 0 unspecified atom stereocenters. The highest BCUT2D eigenvalue weighted by atomic mass is 127. The van der Waals surface area contributed by atoms with E-state index in [-0.39, 0.29) is 29.9 Å². The fourth-order valence-corrected chi connectivity index (χ4v) is 3.58. The van der Waals surface area contributed by atoms with Crippen molar-refractivity contribution in [2.24, 2.45) is 4.99 Å². The van der Waals surface area contributed by atoms with Gasteiger partial charge in [0.15, 0.2) is 5.96 Å². The van der Waals surface area contributed by atoms with Crippen LogP contribution < -0.4 is 10.1 Å². The summed E-state index contributed by atoms with van der Waals surface area (Å²) in [5.41, 5.74) is 3.45. The van der Waals surface area contributed by atoms with E-state index in [4.69, 9.17) is 4.74 Å². The molecule has 0 spiro atoms. The molecule has 30 heavy (non-hydrogen) atoms. The van der Waals surface area contributed by atoms with Crippen molar-refractivity contribution in [3.8, 4) is 5.75 Å². The second-order valence-electron chi connectivity index (χ2n) is 7.30. The van der Waals surface area contributed by atoms with E-state index >= 15 is 0 Å². The van der Waals surface area contributed by atoms with Crippen molar-refractivity contribution >= 4 is 35.8 Å². The molecule has 1 fully saturated rings. The molecule has 2 aromatic carbocycles. The minimum Gasteiger partial charge on any atom is -0.496 e. The molecule has 1 aliphatic heterocycles. The van der Waals surface area contributed by atoms with Crippen molar-refractivity contribution in [1.82, 2.24) is 15.1 Å². The van der Waals surface area contributed by atoms with Crippen molar-refractivity contribution in [3.05, 3.63) is 65.2 Å². The number of benzene rings is 2. The monoisotopic (exact) mass is 522 g/mol. The number of carbonyl (C=O) groups excluding carboxylic acids is 1. The van der Waals surface area contributed by atoms with Crippen molar-refractivity contribution in [1.29, 1.82) is 0 Å². The first-order chi connectivity index (χ1) is 14.1. The number of rotatable bonds is 7. The van der Waals surface area contributed by atoms with Crippen LogP contribution in [0.1, 0.15) is 29.5 Å². The van der Waals surface area contributed by atoms with E-state index in [9.17, 15) is 4.79 Å². The summed E-state index contributed by atoms with van der Waals surface area (Å²) in [4.78, 5) is 20.2. The van der Waals surface area contributed by atoms with E-state index in [2.05, 4.69) is 45.5 Å². The molecule has 1 N–H and O–H groups in total. The average Bonchev–Trinajstić information content (AvgIpc) is 3.14. The summed E-state index contributed by atoms with van der Waals surface area (Å²) in [6, 6.07) is 16.4. The van der Waals surface area contributed by atoms with E-state index in [0.29, 0.717) is 26.1 Å². The van der Waals surface area contributed by atoms with Gasteiger partial charge >= 0.3 is 0 Å². The highest BCUT2D eigenvalue weighted by molar-refractivity contribution is 14.0. The Bertz CT molecular complexity index is 855. The quantitative estimate of drug-likeness (QED) is 0.343. The van der Waals surface area contributed by atoms with Crippen molar-refractivity contribution < 1.29 is 9.53 Å². The molecule has 0 radical (unpaired) electrons. The fourth-order valence-electron chi connectivity index (χ4n) is 3.58. The first-order valence-electron chi connectivity index (χ1n) is 10.00. The van der Waals surface area contributed by atoms with Crippen LogP contribution in [0.5, 0.6) is 5.75 Å². The first kappa shape index (κ1) is 24.0. The molecule has 1 heterocycles. The molecular formula is C23H31IN4O2. The number of hydrogen-bond acceptors (Lipinski definition) is 3. The standard InChI is InChI=1S/C23H30N4O2.HI/c1-24-23(26(2)17-20-7-4-5-8-21(20)29-3)25-15-18-10-12-19(13-11-18)16-27-14-6-9-22(27)28;/h4-5,7-8,10-13H,6,9,14-17H2,1-3H3,(H,24,25);1H. The summed E-state index contributed by atoms with van der Waals surface area (Å²) in [5, 5.41) is 3.41. The SMILES string of the molecule is CN=C(NCc1ccc(CN2CCCC2=O)cc1)N(C)Cc1ccccc1OC.I. The predicted octanol–water partition coefficient (Wildman–Crippen LogP) is 3.64. The summed E-state index contributed by atoms with van der Waals surface area (Å²) in [6.07, 6.45) is 1.66. The molecule has 0 saturated carbocycles. The summed E-state index contributed by atoms with van der Waals surface area (Å²) in [7, 11) is 5.49. The van der Waals surface area contributed by atoms with Gasteiger partial charge in [-0.25, -0.2) is 0 Å². The lowest BCUT2D eigenvalue weighted by molar-refractivity contribution is -0.128. The number of methoxy groups -OCH3 is 1. The molecule has 1 amide bonds. The lowest BCUT2D eigenvalue weighted by atomic mass is 10.1. The average molecular weight is 522 g/mol. The van der Waals surface area contributed by atoms with E-state index in [1.807, 2.05) is 30.1 Å². The number of likely N-dealkylation sites (tertiary alicyclic amines) is 1. The van der Waals surface area contributed by atoms with Gasteiger partial charge in [0, 0.05) is 52.3 Å². The highest BCUT2D eigenvalue weighted by Gasteiger charge is 2.19. The third-order valence-electron chi connectivity index (χ3n) is 5.19. The van der Waals surface area contributed by atoms with Gasteiger partial charge in [0.05, 0.1) is 7.11 Å². The number of aliphatic imine (C=N–C) groups is 1. The van der Waals surface area contributed by atoms with Crippen molar-refractivity contribution in [2.75, 3.05) is 27.7 Å². The van der Waals surface area contributed by atoms with E-state index < -0.39 is 0 Å². The Hall–Kier alpha value is -2.29. The Morgan fingerprint density at radius 2 is 1.87 bits per heavy atom. The van der Waals surface area contributed by atoms with E-state index in [1.165, 1.54) is 11.1 Å². The number of ether oxygens (including phenoxy) is 1. The van der Waals surface area contributed by atoms with Crippen LogP contribution in [0.2, 0.25) is 0 Å². The number of para-hydroxylation sites is 1. The van der Waals surface area contributed by atoms with Crippen molar-refractivity contribution in [2.45, 2.75) is 32.5 Å². The van der Waals surface area contributed by atoms with Crippen LogP contribution in [-0.4, -0.2) is 49.4 Å². The Morgan fingerprint density at radius 3 is 2.50 bits per heavy atom. The van der Waals surface area contributed by atoms with E-state index in [1.54, 1.807) is 14.2 Å². The molecule has 0 aliphatic carbocycles. The predicted molar refractivity (Wildman–Crippen MR) is 131 cm³/mol. The number of nitrogens with one attached hydrogen (secondary N) is 1. The molecule has 0 aromatic heterocycles. The molecule has 1 saturated heterocycles. The minimum absolute atomic E-state index is 0. The number of guanidine groups is 1. The van der Waals surface area contributed by atoms with Crippen LogP contribution in [-0.2, 0) is 24.4 Å². The lowest BCUT2D eigenvalue weighted by Gasteiger charge is -2.23.